The number of amides is 1. The first kappa shape index (κ1) is 14.7. The maximum absolute atomic E-state index is 12.1. The van der Waals surface area contributed by atoms with E-state index in [1.807, 2.05) is 0 Å². The van der Waals surface area contributed by atoms with Gasteiger partial charge in [0.05, 0.1) is 12.8 Å². The van der Waals surface area contributed by atoms with E-state index in [1.54, 1.807) is 12.1 Å². The van der Waals surface area contributed by atoms with Crippen LogP contribution in [0.5, 0.6) is 0 Å². The number of aromatic nitrogens is 1. The first-order chi connectivity index (χ1) is 8.84. The minimum atomic E-state index is -5.10. The third-order valence-electron chi connectivity index (χ3n) is 1.89. The molecule has 0 saturated carbocycles. The lowest BCUT2D eigenvalue weighted by Gasteiger charge is -2.09. The summed E-state index contributed by atoms with van der Waals surface area (Å²) in [5.41, 5.74) is -0.450. The van der Waals surface area contributed by atoms with Crippen molar-refractivity contribution in [1.82, 2.24) is 10.3 Å². The van der Waals surface area contributed by atoms with Crippen LogP contribution in [-0.4, -0.2) is 30.1 Å². The Labute approximate surface area is 106 Å². The van der Waals surface area contributed by atoms with E-state index < -0.39 is 23.7 Å². The van der Waals surface area contributed by atoms with Crippen molar-refractivity contribution >= 4 is 18.0 Å². The van der Waals surface area contributed by atoms with Gasteiger partial charge in [0, 0.05) is 6.20 Å². The first-order valence-electron chi connectivity index (χ1n) is 4.94. The number of carbonyl (C=O) groups excluding carboxylic acids is 2. The molecule has 0 spiro atoms. The van der Waals surface area contributed by atoms with Gasteiger partial charge in [0.25, 0.3) is 0 Å². The summed E-state index contributed by atoms with van der Waals surface area (Å²) < 4.78 is 40.6. The summed E-state index contributed by atoms with van der Waals surface area (Å²) in [5.74, 6) is -3.37. The summed E-state index contributed by atoms with van der Waals surface area (Å²) in [4.78, 5) is 25.8. The van der Waals surface area contributed by atoms with Gasteiger partial charge in [-0.15, -0.1) is 0 Å². The number of nitrogens with zero attached hydrogens (tertiary/aromatic N) is 1. The van der Waals surface area contributed by atoms with Gasteiger partial charge in [0.15, 0.2) is 0 Å². The molecule has 0 unspecified atom stereocenters. The van der Waals surface area contributed by atoms with Crippen LogP contribution >= 0.6 is 0 Å². The van der Waals surface area contributed by atoms with E-state index in [0.717, 1.165) is 13.2 Å². The largest absolute Gasteiger partial charge is 0.471 e. The Morgan fingerprint density at radius 2 is 2.05 bits per heavy atom. The van der Waals surface area contributed by atoms with Crippen LogP contribution in [0.3, 0.4) is 0 Å². The predicted octanol–water partition coefficient (Wildman–Crippen LogP) is 1.27. The molecule has 0 aromatic carbocycles. The fraction of sp³-hybridized carbons (Fsp3) is 0.182. The highest BCUT2D eigenvalue weighted by Crippen LogP contribution is 2.15. The lowest BCUT2D eigenvalue weighted by molar-refractivity contribution is -0.173. The first-order valence-corrected chi connectivity index (χ1v) is 4.94. The van der Waals surface area contributed by atoms with Crippen LogP contribution in [0.4, 0.5) is 13.2 Å². The van der Waals surface area contributed by atoms with Crippen molar-refractivity contribution in [1.29, 1.82) is 0 Å². The number of hydrogen-bond donors (Lipinski definition) is 1. The van der Waals surface area contributed by atoms with E-state index >= 15 is 0 Å². The SMILES string of the molecule is COC(=O)/C(=C/c1ccccn1)NC(=O)C(F)(F)F. The van der Waals surface area contributed by atoms with Crippen LogP contribution in [0.15, 0.2) is 30.1 Å². The molecular weight excluding hydrogens is 265 g/mol. The maximum atomic E-state index is 12.1. The smallest absolute Gasteiger partial charge is 0.464 e. The maximum Gasteiger partial charge on any atom is 0.471 e. The molecular formula is C11H9F3N2O3. The normalized spacial score (nSPS) is 11.9. The number of rotatable bonds is 3. The highest BCUT2D eigenvalue weighted by Gasteiger charge is 2.39. The second kappa shape index (κ2) is 5.98. The Kier molecular flexibility index (Phi) is 4.62. The number of nitrogens with one attached hydrogen (secondary N) is 1. The van der Waals surface area contributed by atoms with E-state index in [2.05, 4.69) is 9.72 Å². The predicted molar refractivity (Wildman–Crippen MR) is 58.4 cm³/mol. The Morgan fingerprint density at radius 1 is 1.37 bits per heavy atom. The zero-order valence-corrected chi connectivity index (χ0v) is 9.69. The van der Waals surface area contributed by atoms with Gasteiger partial charge in [0.2, 0.25) is 0 Å². The Balaban J connectivity index is 3.00. The van der Waals surface area contributed by atoms with Gasteiger partial charge < -0.3 is 10.1 Å². The van der Waals surface area contributed by atoms with Crippen molar-refractivity contribution < 1.29 is 27.5 Å². The average Bonchev–Trinajstić information content (AvgIpc) is 2.37. The molecule has 19 heavy (non-hydrogen) atoms. The molecule has 0 saturated heterocycles. The van der Waals surface area contributed by atoms with Crippen molar-refractivity contribution in [2.45, 2.75) is 6.18 Å². The third-order valence-corrected chi connectivity index (χ3v) is 1.89. The highest BCUT2D eigenvalue weighted by molar-refractivity contribution is 5.98. The second-order valence-corrected chi connectivity index (χ2v) is 3.26. The Bertz CT molecular complexity index is 498. The fourth-order valence-corrected chi connectivity index (χ4v) is 1.06. The van der Waals surface area contributed by atoms with Crippen molar-refractivity contribution in [3.63, 3.8) is 0 Å². The van der Waals surface area contributed by atoms with E-state index in [4.69, 9.17) is 0 Å². The monoisotopic (exact) mass is 274 g/mol. The summed E-state index contributed by atoms with van der Waals surface area (Å²) in [5, 5.41) is 1.44. The average molecular weight is 274 g/mol. The molecule has 1 heterocycles. The van der Waals surface area contributed by atoms with Crippen LogP contribution in [0.1, 0.15) is 5.69 Å². The molecule has 0 aliphatic rings. The topological polar surface area (TPSA) is 68.3 Å². The lowest BCUT2D eigenvalue weighted by atomic mass is 10.3. The number of pyridine rings is 1. The van der Waals surface area contributed by atoms with Crippen molar-refractivity contribution in [2.24, 2.45) is 0 Å². The van der Waals surface area contributed by atoms with E-state index in [1.165, 1.54) is 17.6 Å². The number of hydrogen-bond acceptors (Lipinski definition) is 4. The molecule has 1 amide bonds. The number of methoxy groups -OCH3 is 1. The zero-order valence-electron chi connectivity index (χ0n) is 9.69. The van der Waals surface area contributed by atoms with Gasteiger partial charge in [-0.1, -0.05) is 6.07 Å². The molecule has 5 nitrogen and oxygen atoms in total. The third kappa shape index (κ3) is 4.41. The van der Waals surface area contributed by atoms with Gasteiger partial charge in [-0.2, -0.15) is 13.2 Å². The number of esters is 1. The minimum Gasteiger partial charge on any atom is -0.464 e. The lowest BCUT2D eigenvalue weighted by Crippen LogP contribution is -2.38. The molecule has 1 aromatic rings. The van der Waals surface area contributed by atoms with Crippen LogP contribution in [0, 0.1) is 0 Å². The Morgan fingerprint density at radius 3 is 2.53 bits per heavy atom. The second-order valence-electron chi connectivity index (χ2n) is 3.26. The van der Waals surface area contributed by atoms with E-state index in [-0.39, 0.29) is 5.69 Å². The van der Waals surface area contributed by atoms with Gasteiger partial charge in [-0.3, -0.25) is 9.78 Å². The molecule has 0 aliphatic heterocycles. The number of ether oxygens (including phenoxy) is 1. The summed E-state index contributed by atoms with van der Waals surface area (Å²) in [7, 11) is 0.980. The van der Waals surface area contributed by atoms with Crippen LogP contribution in [0.2, 0.25) is 0 Å². The molecule has 0 bridgehead atoms. The van der Waals surface area contributed by atoms with Crippen molar-refractivity contribution in [3.05, 3.63) is 35.8 Å². The standard InChI is InChI=1S/C11H9F3N2O3/c1-19-9(17)8(16-10(18)11(12,13)14)6-7-4-2-3-5-15-7/h2-6H,1H3,(H,16,18)/b8-6-. The summed E-state index contributed by atoms with van der Waals surface area (Å²) in [6.45, 7) is 0. The van der Waals surface area contributed by atoms with Gasteiger partial charge >= 0.3 is 18.1 Å². The molecule has 102 valence electrons. The molecule has 0 fully saturated rings. The quantitative estimate of drug-likeness (QED) is 0.666. The summed E-state index contributed by atoms with van der Waals surface area (Å²) in [6.07, 6.45) is -2.74. The Hall–Kier alpha value is -2.38. The molecule has 8 heteroatoms. The summed E-state index contributed by atoms with van der Waals surface area (Å²) >= 11 is 0. The van der Waals surface area contributed by atoms with Crippen molar-refractivity contribution in [2.75, 3.05) is 7.11 Å². The van der Waals surface area contributed by atoms with Gasteiger partial charge in [-0.25, -0.2) is 4.79 Å². The molecule has 1 aromatic heterocycles. The van der Waals surface area contributed by atoms with Crippen LogP contribution in [0.25, 0.3) is 6.08 Å². The molecule has 1 N–H and O–H groups in total. The van der Waals surface area contributed by atoms with Crippen LogP contribution in [-0.2, 0) is 14.3 Å². The van der Waals surface area contributed by atoms with E-state index in [0.29, 0.717) is 0 Å². The number of alkyl halides is 3. The fourth-order valence-electron chi connectivity index (χ4n) is 1.06. The molecule has 0 atom stereocenters. The van der Waals surface area contributed by atoms with Gasteiger partial charge in [0.1, 0.15) is 5.70 Å². The number of carbonyl (C=O) groups is 2. The minimum absolute atomic E-state index is 0.199. The highest BCUT2D eigenvalue weighted by atomic mass is 19.4. The zero-order chi connectivity index (χ0) is 14.5. The summed E-state index contributed by atoms with van der Waals surface area (Å²) in [6, 6.07) is 4.60. The molecule has 0 aliphatic carbocycles. The van der Waals surface area contributed by atoms with Crippen molar-refractivity contribution in [3.8, 4) is 0 Å². The molecule has 0 radical (unpaired) electrons. The van der Waals surface area contributed by atoms with Crippen LogP contribution < -0.4 is 5.32 Å². The van der Waals surface area contributed by atoms with E-state index in [9.17, 15) is 22.8 Å². The number of halogens is 3. The van der Waals surface area contributed by atoms with Gasteiger partial charge in [-0.05, 0) is 18.2 Å². The molecule has 1 rings (SSSR count).